The predicted molar refractivity (Wildman–Crippen MR) is 81.3 cm³/mol. The number of rotatable bonds is 4. The minimum atomic E-state index is -0.716. The molecule has 1 aromatic rings. The Morgan fingerprint density at radius 1 is 1.24 bits per heavy atom. The van der Waals surface area contributed by atoms with E-state index >= 15 is 0 Å². The number of aliphatic carboxylic acids is 1. The summed E-state index contributed by atoms with van der Waals surface area (Å²) in [6.45, 7) is 0.553. The topological polar surface area (TPSA) is 92.4 Å². The molecule has 0 aliphatic heterocycles. The number of hydrogen-bond donors (Lipinski definition) is 3. The Bertz CT molecular complexity index is 519. The number of nitrogens with two attached hydrogens (primary N) is 1. The van der Waals surface area contributed by atoms with Gasteiger partial charge in [0, 0.05) is 22.8 Å². The molecule has 1 aromatic carbocycles. The Balaban J connectivity index is 1.83. The quantitative estimate of drug-likeness (QED) is 0.745. The molecule has 0 saturated heterocycles. The molecule has 1 aliphatic rings. The van der Waals surface area contributed by atoms with Crippen LogP contribution in [0.5, 0.6) is 0 Å². The van der Waals surface area contributed by atoms with Crippen LogP contribution in [0.2, 0.25) is 5.02 Å². The van der Waals surface area contributed by atoms with Gasteiger partial charge in [-0.3, -0.25) is 9.59 Å². The van der Waals surface area contributed by atoms with Crippen LogP contribution in [-0.4, -0.2) is 23.5 Å². The third-order valence-corrected chi connectivity index (χ3v) is 4.15. The minimum absolute atomic E-state index is 0.204. The fourth-order valence-electron chi connectivity index (χ4n) is 2.70. The Morgan fingerprint density at radius 3 is 2.48 bits per heavy atom. The van der Waals surface area contributed by atoms with Gasteiger partial charge < -0.3 is 16.2 Å². The van der Waals surface area contributed by atoms with E-state index in [1.165, 1.54) is 0 Å². The van der Waals surface area contributed by atoms with E-state index < -0.39 is 5.97 Å². The van der Waals surface area contributed by atoms with Crippen molar-refractivity contribution < 1.29 is 14.7 Å². The molecule has 0 bridgehead atoms. The first kappa shape index (κ1) is 15.6. The number of nitrogen functional groups attached to an aromatic ring is 1. The van der Waals surface area contributed by atoms with Crippen molar-refractivity contribution in [3.8, 4) is 0 Å². The Hall–Kier alpha value is -1.75. The smallest absolute Gasteiger partial charge is 0.306 e. The van der Waals surface area contributed by atoms with Crippen molar-refractivity contribution in [2.75, 3.05) is 12.3 Å². The summed E-state index contributed by atoms with van der Waals surface area (Å²) in [4.78, 5) is 22.9. The second-order valence-corrected chi connectivity index (χ2v) is 5.98. The van der Waals surface area contributed by atoms with Gasteiger partial charge in [0.05, 0.1) is 5.92 Å². The number of anilines is 1. The zero-order chi connectivity index (χ0) is 15.4. The lowest BCUT2D eigenvalue weighted by Gasteiger charge is -2.26. The van der Waals surface area contributed by atoms with Crippen molar-refractivity contribution in [2.24, 2.45) is 11.8 Å². The van der Waals surface area contributed by atoms with Crippen LogP contribution >= 0.6 is 11.6 Å². The van der Waals surface area contributed by atoms with E-state index in [9.17, 15) is 9.59 Å². The number of carbonyl (C=O) groups excluding carboxylic acids is 1. The first-order valence-electron chi connectivity index (χ1n) is 7.03. The molecule has 5 nitrogen and oxygen atoms in total. The first-order chi connectivity index (χ1) is 9.95. The predicted octanol–water partition coefficient (Wildman–Crippen LogP) is 2.54. The second kappa shape index (κ2) is 6.80. The molecule has 1 amide bonds. The molecule has 21 heavy (non-hydrogen) atoms. The molecule has 0 spiro atoms. The summed E-state index contributed by atoms with van der Waals surface area (Å²) in [5, 5.41) is 12.2. The lowest BCUT2D eigenvalue weighted by molar-refractivity contribution is -0.143. The summed E-state index contributed by atoms with van der Waals surface area (Å²) in [5.41, 5.74) is 6.56. The van der Waals surface area contributed by atoms with E-state index in [1.54, 1.807) is 18.2 Å². The van der Waals surface area contributed by atoms with E-state index in [2.05, 4.69) is 5.32 Å². The molecule has 0 heterocycles. The summed E-state index contributed by atoms with van der Waals surface area (Å²) in [7, 11) is 0. The molecular weight excluding hydrogens is 292 g/mol. The van der Waals surface area contributed by atoms with E-state index in [0.717, 1.165) is 12.8 Å². The number of nitrogens with one attached hydrogen (secondary N) is 1. The number of carboxylic acid groups (broad SMARTS) is 1. The lowest BCUT2D eigenvalue weighted by Crippen LogP contribution is -2.32. The van der Waals surface area contributed by atoms with Gasteiger partial charge in [0.15, 0.2) is 0 Å². The molecular formula is C15H19ClN2O3. The zero-order valence-corrected chi connectivity index (χ0v) is 12.4. The van der Waals surface area contributed by atoms with E-state index in [-0.39, 0.29) is 11.8 Å². The third kappa shape index (κ3) is 4.36. The molecule has 0 atom stereocenters. The average Bonchev–Trinajstić information content (AvgIpc) is 2.44. The number of benzene rings is 1. The molecule has 4 N–H and O–H groups in total. The second-order valence-electron chi connectivity index (χ2n) is 5.54. The van der Waals surface area contributed by atoms with Crippen LogP contribution < -0.4 is 11.1 Å². The molecule has 1 fully saturated rings. The van der Waals surface area contributed by atoms with Crippen LogP contribution in [0.15, 0.2) is 18.2 Å². The van der Waals surface area contributed by atoms with Gasteiger partial charge in [0.2, 0.25) is 0 Å². The SMILES string of the molecule is Nc1cc(Cl)cc(C(=O)NCC2CCC(C(=O)O)CC2)c1. The Morgan fingerprint density at radius 2 is 1.90 bits per heavy atom. The maximum absolute atomic E-state index is 12.0. The molecule has 0 aromatic heterocycles. The first-order valence-corrected chi connectivity index (χ1v) is 7.40. The van der Waals surface area contributed by atoms with Crippen LogP contribution in [0.25, 0.3) is 0 Å². The maximum Gasteiger partial charge on any atom is 0.306 e. The van der Waals surface area contributed by atoms with Crippen molar-refractivity contribution in [2.45, 2.75) is 25.7 Å². The number of carboxylic acids is 1. The maximum atomic E-state index is 12.0. The fraction of sp³-hybridized carbons (Fsp3) is 0.467. The van der Waals surface area contributed by atoms with E-state index in [1.807, 2.05) is 0 Å². The van der Waals surface area contributed by atoms with Gasteiger partial charge in [0.25, 0.3) is 5.91 Å². The standard InChI is InChI=1S/C15H19ClN2O3/c16-12-5-11(6-13(17)7-12)14(19)18-8-9-1-3-10(4-2-9)15(20)21/h5-7,9-10H,1-4,8,17H2,(H,18,19)(H,20,21). The van der Waals surface area contributed by atoms with Crippen molar-refractivity contribution >= 4 is 29.2 Å². The van der Waals surface area contributed by atoms with Crippen LogP contribution in [0, 0.1) is 11.8 Å². The van der Waals surface area contributed by atoms with Gasteiger partial charge in [0.1, 0.15) is 0 Å². The Kier molecular flexibility index (Phi) is 5.07. The molecule has 1 saturated carbocycles. The highest BCUT2D eigenvalue weighted by atomic mass is 35.5. The largest absolute Gasteiger partial charge is 0.481 e. The van der Waals surface area contributed by atoms with Crippen LogP contribution in [-0.2, 0) is 4.79 Å². The van der Waals surface area contributed by atoms with Gasteiger partial charge in [-0.1, -0.05) is 11.6 Å². The zero-order valence-electron chi connectivity index (χ0n) is 11.6. The van der Waals surface area contributed by atoms with Crippen LogP contribution in [0.4, 0.5) is 5.69 Å². The van der Waals surface area contributed by atoms with Gasteiger partial charge >= 0.3 is 5.97 Å². The van der Waals surface area contributed by atoms with Crippen LogP contribution in [0.3, 0.4) is 0 Å². The summed E-state index contributed by atoms with van der Waals surface area (Å²) >= 11 is 5.87. The summed E-state index contributed by atoms with van der Waals surface area (Å²) in [6.07, 6.45) is 3.02. The fourth-order valence-corrected chi connectivity index (χ4v) is 2.94. The normalized spacial score (nSPS) is 21.8. The molecule has 6 heteroatoms. The molecule has 2 rings (SSSR count). The minimum Gasteiger partial charge on any atom is -0.481 e. The highest BCUT2D eigenvalue weighted by Gasteiger charge is 2.26. The molecule has 0 unspecified atom stereocenters. The van der Waals surface area contributed by atoms with Crippen molar-refractivity contribution in [3.05, 3.63) is 28.8 Å². The summed E-state index contributed by atoms with van der Waals surface area (Å²) < 4.78 is 0. The third-order valence-electron chi connectivity index (χ3n) is 3.93. The van der Waals surface area contributed by atoms with Crippen molar-refractivity contribution in [3.63, 3.8) is 0 Å². The summed E-state index contributed by atoms with van der Waals surface area (Å²) in [6, 6.07) is 4.75. The highest BCUT2D eigenvalue weighted by molar-refractivity contribution is 6.31. The highest BCUT2D eigenvalue weighted by Crippen LogP contribution is 2.28. The molecule has 1 aliphatic carbocycles. The number of halogens is 1. The monoisotopic (exact) mass is 310 g/mol. The number of amides is 1. The van der Waals surface area contributed by atoms with Gasteiger partial charge in [-0.25, -0.2) is 0 Å². The van der Waals surface area contributed by atoms with Gasteiger partial charge in [-0.2, -0.15) is 0 Å². The van der Waals surface area contributed by atoms with E-state index in [4.69, 9.17) is 22.4 Å². The Labute approximate surface area is 128 Å². The van der Waals surface area contributed by atoms with Crippen molar-refractivity contribution in [1.82, 2.24) is 5.32 Å². The number of hydrogen-bond acceptors (Lipinski definition) is 3. The van der Waals surface area contributed by atoms with Gasteiger partial charge in [-0.15, -0.1) is 0 Å². The van der Waals surface area contributed by atoms with Crippen molar-refractivity contribution in [1.29, 1.82) is 0 Å². The number of carbonyl (C=O) groups is 2. The summed E-state index contributed by atoms with van der Waals surface area (Å²) in [5.74, 6) is -0.817. The lowest BCUT2D eigenvalue weighted by atomic mass is 9.82. The van der Waals surface area contributed by atoms with Crippen LogP contribution in [0.1, 0.15) is 36.0 Å². The average molecular weight is 311 g/mol. The molecule has 114 valence electrons. The van der Waals surface area contributed by atoms with E-state index in [0.29, 0.717) is 41.6 Å². The molecule has 0 radical (unpaired) electrons. The van der Waals surface area contributed by atoms with Gasteiger partial charge in [-0.05, 0) is 49.8 Å².